The highest BCUT2D eigenvalue weighted by atomic mass is 15.1. The Kier molecular flexibility index (Phi) is 7.57. The Labute approximate surface area is 291 Å². The monoisotopic (exact) mass is 631 g/mol. The van der Waals surface area contributed by atoms with Gasteiger partial charge >= 0.3 is 0 Å². The maximum Gasteiger partial charge on any atom is 0.0508 e. The van der Waals surface area contributed by atoms with Gasteiger partial charge in [0.1, 0.15) is 0 Å². The van der Waals surface area contributed by atoms with Crippen molar-refractivity contribution in [3.05, 3.63) is 186 Å². The van der Waals surface area contributed by atoms with E-state index in [0.29, 0.717) is 0 Å². The third kappa shape index (κ3) is 5.18. The highest BCUT2D eigenvalue weighted by Crippen LogP contribution is 2.54. The summed E-state index contributed by atoms with van der Waals surface area (Å²) in [5, 5.41) is 0. The maximum atomic E-state index is 2.48. The Balaban J connectivity index is 1.31. The minimum Gasteiger partial charge on any atom is -0.310 e. The average Bonchev–Trinajstić information content (AvgIpc) is 3.37. The summed E-state index contributed by atoms with van der Waals surface area (Å²) in [5.74, 6) is 0. The average molecular weight is 632 g/mol. The van der Waals surface area contributed by atoms with Crippen molar-refractivity contribution in [3.8, 4) is 44.5 Å². The normalized spacial score (nSPS) is 12.8. The first-order chi connectivity index (χ1) is 23.8. The summed E-state index contributed by atoms with van der Waals surface area (Å²) in [7, 11) is 0. The second kappa shape index (κ2) is 12.1. The number of hydrogen-bond acceptors (Lipinski definition) is 1. The van der Waals surface area contributed by atoms with Gasteiger partial charge in [0.05, 0.1) is 5.69 Å². The van der Waals surface area contributed by atoms with E-state index in [2.05, 4.69) is 197 Å². The zero-order valence-corrected chi connectivity index (χ0v) is 29.0. The van der Waals surface area contributed by atoms with E-state index >= 15 is 0 Å². The fourth-order valence-electron chi connectivity index (χ4n) is 8.04. The molecule has 0 bridgehead atoms. The third-order valence-corrected chi connectivity index (χ3v) is 10.5. The molecule has 0 unspecified atom stereocenters. The summed E-state index contributed by atoms with van der Waals surface area (Å²) in [5.41, 5.74) is 20.1. The van der Waals surface area contributed by atoms with Gasteiger partial charge in [-0.3, -0.25) is 0 Å². The molecule has 0 aliphatic heterocycles. The quantitative estimate of drug-likeness (QED) is 0.176. The van der Waals surface area contributed by atoms with Crippen LogP contribution in [0.15, 0.2) is 158 Å². The molecule has 1 nitrogen and oxygen atoms in total. The van der Waals surface area contributed by atoms with Gasteiger partial charge in [0.15, 0.2) is 0 Å². The Hall–Kier alpha value is -5.66. The van der Waals surface area contributed by atoms with Crippen LogP contribution in [0.3, 0.4) is 0 Å². The molecular weight excluding hydrogens is 591 g/mol. The molecule has 1 heteroatoms. The molecule has 7 aromatic carbocycles. The lowest BCUT2D eigenvalue weighted by Gasteiger charge is -2.33. The van der Waals surface area contributed by atoms with Crippen molar-refractivity contribution in [1.29, 1.82) is 0 Å². The van der Waals surface area contributed by atoms with Crippen LogP contribution in [-0.2, 0) is 5.41 Å². The smallest absolute Gasteiger partial charge is 0.0508 e. The number of rotatable bonds is 6. The molecule has 0 saturated heterocycles. The second-order valence-electron chi connectivity index (χ2n) is 13.9. The Morgan fingerprint density at radius 3 is 1.76 bits per heavy atom. The Bertz CT molecular complexity index is 2330. The summed E-state index contributed by atoms with van der Waals surface area (Å²) in [6.07, 6.45) is 0. The van der Waals surface area contributed by atoms with Crippen LogP contribution >= 0.6 is 0 Å². The van der Waals surface area contributed by atoms with E-state index in [4.69, 9.17) is 0 Å². The van der Waals surface area contributed by atoms with E-state index in [-0.39, 0.29) is 5.41 Å². The zero-order chi connectivity index (χ0) is 33.7. The van der Waals surface area contributed by atoms with E-state index < -0.39 is 0 Å². The lowest BCUT2D eigenvalue weighted by molar-refractivity contribution is 0.661. The van der Waals surface area contributed by atoms with Crippen molar-refractivity contribution in [2.24, 2.45) is 0 Å². The minimum absolute atomic E-state index is 0.150. The molecule has 0 amide bonds. The highest BCUT2D eigenvalue weighted by Gasteiger charge is 2.38. The molecule has 0 radical (unpaired) electrons. The Morgan fingerprint density at radius 1 is 0.408 bits per heavy atom. The van der Waals surface area contributed by atoms with Crippen molar-refractivity contribution in [3.63, 3.8) is 0 Å². The third-order valence-electron chi connectivity index (χ3n) is 10.5. The van der Waals surface area contributed by atoms with Gasteiger partial charge in [-0.15, -0.1) is 0 Å². The van der Waals surface area contributed by atoms with Crippen LogP contribution in [0.5, 0.6) is 0 Å². The van der Waals surface area contributed by atoms with Crippen molar-refractivity contribution < 1.29 is 0 Å². The van der Waals surface area contributed by atoms with E-state index in [1.54, 1.807) is 0 Å². The van der Waals surface area contributed by atoms with Gasteiger partial charge in [-0.1, -0.05) is 141 Å². The molecule has 0 aromatic heterocycles. The molecule has 0 N–H and O–H groups in total. The first-order valence-electron chi connectivity index (χ1n) is 17.3. The lowest BCUT2D eigenvalue weighted by atomic mass is 9.81. The van der Waals surface area contributed by atoms with Crippen LogP contribution in [0.25, 0.3) is 44.5 Å². The van der Waals surface area contributed by atoms with Crippen LogP contribution in [0.1, 0.15) is 41.7 Å². The number of benzene rings is 7. The molecule has 0 atom stereocenters. The zero-order valence-electron chi connectivity index (χ0n) is 29.0. The van der Waals surface area contributed by atoms with Crippen LogP contribution < -0.4 is 4.90 Å². The maximum absolute atomic E-state index is 2.48. The first-order valence-corrected chi connectivity index (χ1v) is 17.3. The molecule has 0 heterocycles. The number of aryl methyl sites for hydroxylation is 3. The molecular formula is C48H41N. The van der Waals surface area contributed by atoms with Crippen molar-refractivity contribution in [2.75, 3.05) is 4.90 Å². The topological polar surface area (TPSA) is 3.24 Å². The summed E-state index contributed by atoms with van der Waals surface area (Å²) in [6.45, 7) is 11.4. The molecule has 8 rings (SSSR count). The standard InChI is InChI=1S/C48H41N/c1-32-15-9-10-19-39(32)46-33(2)16-13-21-40(46)37-27-30-44(34(3)31-37)49(38-28-25-36(26-29-38)35-17-7-6-8-18-35)45-24-14-22-42-41-20-11-12-23-43(41)48(4,5)47(42)45/h6-31H,1-5H3. The fourth-order valence-corrected chi connectivity index (χ4v) is 8.04. The summed E-state index contributed by atoms with van der Waals surface area (Å²) < 4.78 is 0. The summed E-state index contributed by atoms with van der Waals surface area (Å²) >= 11 is 0. The Morgan fingerprint density at radius 2 is 1.00 bits per heavy atom. The van der Waals surface area contributed by atoms with E-state index in [1.165, 1.54) is 83.7 Å². The lowest BCUT2D eigenvalue weighted by Crippen LogP contribution is -2.21. The SMILES string of the molecule is Cc1ccccc1-c1c(C)cccc1-c1ccc(N(c2ccc(-c3ccccc3)cc2)c2cccc3c2C(C)(C)c2ccccc2-3)c(C)c1. The van der Waals surface area contributed by atoms with Gasteiger partial charge in [-0.05, 0) is 123 Å². The van der Waals surface area contributed by atoms with Crippen LogP contribution in [-0.4, -0.2) is 0 Å². The first kappa shape index (κ1) is 30.7. The van der Waals surface area contributed by atoms with Crippen LogP contribution in [0.4, 0.5) is 17.1 Å². The number of nitrogens with zero attached hydrogens (tertiary/aromatic N) is 1. The summed E-state index contributed by atoms with van der Waals surface area (Å²) in [6, 6.07) is 57.9. The van der Waals surface area contributed by atoms with E-state index in [1.807, 2.05) is 0 Å². The van der Waals surface area contributed by atoms with Gasteiger partial charge in [0.25, 0.3) is 0 Å². The van der Waals surface area contributed by atoms with Gasteiger partial charge < -0.3 is 4.90 Å². The molecule has 238 valence electrons. The fraction of sp³-hybridized carbons (Fsp3) is 0.125. The molecule has 1 aliphatic carbocycles. The van der Waals surface area contributed by atoms with Crippen LogP contribution in [0.2, 0.25) is 0 Å². The molecule has 49 heavy (non-hydrogen) atoms. The number of fused-ring (bicyclic) bond motifs is 3. The van der Waals surface area contributed by atoms with Gasteiger partial charge in [-0.25, -0.2) is 0 Å². The molecule has 7 aromatic rings. The van der Waals surface area contributed by atoms with Gasteiger partial charge in [0, 0.05) is 16.8 Å². The predicted molar refractivity (Wildman–Crippen MR) is 209 cm³/mol. The second-order valence-corrected chi connectivity index (χ2v) is 13.9. The van der Waals surface area contributed by atoms with Crippen molar-refractivity contribution >= 4 is 17.1 Å². The molecule has 0 spiro atoms. The summed E-state index contributed by atoms with van der Waals surface area (Å²) in [4.78, 5) is 2.48. The van der Waals surface area contributed by atoms with E-state index in [0.717, 1.165) is 5.69 Å². The molecule has 0 saturated carbocycles. The predicted octanol–water partition coefficient (Wildman–Crippen LogP) is 13.4. The largest absolute Gasteiger partial charge is 0.310 e. The van der Waals surface area contributed by atoms with Crippen molar-refractivity contribution in [2.45, 2.75) is 40.0 Å². The van der Waals surface area contributed by atoms with Gasteiger partial charge in [-0.2, -0.15) is 0 Å². The molecule has 0 fully saturated rings. The van der Waals surface area contributed by atoms with Crippen molar-refractivity contribution in [1.82, 2.24) is 0 Å². The number of hydrogen-bond donors (Lipinski definition) is 0. The number of anilines is 3. The van der Waals surface area contributed by atoms with Crippen LogP contribution in [0, 0.1) is 20.8 Å². The van der Waals surface area contributed by atoms with E-state index in [9.17, 15) is 0 Å². The molecule has 1 aliphatic rings. The minimum atomic E-state index is -0.150. The van der Waals surface area contributed by atoms with Gasteiger partial charge in [0.2, 0.25) is 0 Å². The highest BCUT2D eigenvalue weighted by molar-refractivity contribution is 5.93.